The van der Waals surface area contributed by atoms with Gasteiger partial charge >= 0.3 is 0 Å². The molecule has 1 aromatic carbocycles. The zero-order valence-corrected chi connectivity index (χ0v) is 14.6. The Morgan fingerprint density at radius 1 is 1.15 bits per heavy atom. The molecule has 0 saturated heterocycles. The molecule has 5 nitrogen and oxygen atoms in total. The van der Waals surface area contributed by atoms with E-state index in [1.54, 1.807) is 16.8 Å². The lowest BCUT2D eigenvalue weighted by molar-refractivity contribution is 0.0896. The van der Waals surface area contributed by atoms with Gasteiger partial charge in [0, 0.05) is 11.3 Å². The van der Waals surface area contributed by atoms with E-state index in [0.717, 1.165) is 55.5 Å². The van der Waals surface area contributed by atoms with Gasteiger partial charge in [-0.25, -0.2) is 9.07 Å². The van der Waals surface area contributed by atoms with Gasteiger partial charge < -0.3 is 5.32 Å². The number of benzene rings is 1. The Hall–Kier alpha value is -2.68. The van der Waals surface area contributed by atoms with Crippen molar-refractivity contribution in [1.29, 1.82) is 5.26 Å². The standard InChI is InChI=1S/C20H21FN4O/c21-14-7-9-15(10-8-14)25-17-6-4-5-16(17)18(24-25)19(26)23-20(13-22)11-2-1-3-12-20/h7-10H,1-6,11-12H2,(H,23,26). The highest BCUT2D eigenvalue weighted by molar-refractivity contribution is 5.95. The monoisotopic (exact) mass is 352 g/mol. The minimum atomic E-state index is -0.777. The van der Waals surface area contributed by atoms with Crippen molar-refractivity contribution in [3.63, 3.8) is 0 Å². The van der Waals surface area contributed by atoms with Crippen molar-refractivity contribution in [1.82, 2.24) is 15.1 Å². The Morgan fingerprint density at radius 2 is 1.88 bits per heavy atom. The molecule has 0 unspecified atom stereocenters. The predicted octanol–water partition coefficient (Wildman–Crippen LogP) is 3.46. The van der Waals surface area contributed by atoms with Crippen LogP contribution in [-0.4, -0.2) is 21.2 Å². The predicted molar refractivity (Wildman–Crippen MR) is 94.4 cm³/mol. The number of rotatable bonds is 3. The molecule has 0 spiro atoms. The van der Waals surface area contributed by atoms with E-state index < -0.39 is 5.54 Å². The molecule has 4 rings (SSSR count). The summed E-state index contributed by atoms with van der Waals surface area (Å²) in [4.78, 5) is 12.9. The van der Waals surface area contributed by atoms with E-state index in [4.69, 9.17) is 0 Å². The minimum Gasteiger partial charge on any atom is -0.332 e. The van der Waals surface area contributed by atoms with Gasteiger partial charge in [-0.3, -0.25) is 4.79 Å². The summed E-state index contributed by atoms with van der Waals surface area (Å²) in [5, 5.41) is 17.1. The number of nitrogens with one attached hydrogen (secondary N) is 1. The number of hydrogen-bond donors (Lipinski definition) is 1. The van der Waals surface area contributed by atoms with Gasteiger partial charge in [0.25, 0.3) is 5.91 Å². The van der Waals surface area contributed by atoms with E-state index in [-0.39, 0.29) is 11.7 Å². The molecule has 1 aromatic heterocycles. The first-order valence-corrected chi connectivity index (χ1v) is 9.22. The number of amides is 1. The minimum absolute atomic E-state index is 0.271. The van der Waals surface area contributed by atoms with Crippen LogP contribution >= 0.6 is 0 Å². The van der Waals surface area contributed by atoms with E-state index >= 15 is 0 Å². The van der Waals surface area contributed by atoms with E-state index in [2.05, 4.69) is 16.5 Å². The van der Waals surface area contributed by atoms with Crippen LogP contribution in [0.4, 0.5) is 4.39 Å². The first-order valence-electron chi connectivity index (χ1n) is 9.22. The van der Waals surface area contributed by atoms with Gasteiger partial charge in [-0.2, -0.15) is 10.4 Å². The maximum absolute atomic E-state index is 13.2. The van der Waals surface area contributed by atoms with Gasteiger partial charge in [-0.1, -0.05) is 19.3 Å². The number of nitrogens with zero attached hydrogens (tertiary/aromatic N) is 3. The van der Waals surface area contributed by atoms with E-state index in [1.807, 2.05) is 0 Å². The molecule has 1 fully saturated rings. The lowest BCUT2D eigenvalue weighted by Crippen LogP contribution is -2.48. The molecule has 2 aliphatic rings. The largest absolute Gasteiger partial charge is 0.332 e. The summed E-state index contributed by atoms with van der Waals surface area (Å²) in [6.45, 7) is 0. The molecule has 1 amide bonds. The Labute approximate surface area is 151 Å². The van der Waals surface area contributed by atoms with E-state index in [9.17, 15) is 14.4 Å². The Morgan fingerprint density at radius 3 is 2.58 bits per heavy atom. The van der Waals surface area contributed by atoms with Crippen LogP contribution in [0.1, 0.15) is 60.3 Å². The van der Waals surface area contributed by atoms with Crippen molar-refractivity contribution in [3.8, 4) is 11.8 Å². The SMILES string of the molecule is N#CC1(NC(=O)c2nn(-c3ccc(F)cc3)c3c2CCC3)CCCCC1. The molecule has 6 heteroatoms. The maximum atomic E-state index is 13.2. The lowest BCUT2D eigenvalue weighted by atomic mass is 9.82. The molecule has 26 heavy (non-hydrogen) atoms. The van der Waals surface area contributed by atoms with Gasteiger partial charge in [-0.15, -0.1) is 0 Å². The molecule has 0 radical (unpaired) electrons. The van der Waals surface area contributed by atoms with Crippen LogP contribution in [0.15, 0.2) is 24.3 Å². The van der Waals surface area contributed by atoms with Crippen LogP contribution in [0.5, 0.6) is 0 Å². The Balaban J connectivity index is 1.67. The summed E-state index contributed by atoms with van der Waals surface area (Å²) in [7, 11) is 0. The molecule has 0 atom stereocenters. The van der Waals surface area contributed by atoms with Crippen molar-refractivity contribution in [2.24, 2.45) is 0 Å². The normalized spacial score (nSPS) is 18.2. The second kappa shape index (κ2) is 6.56. The molecule has 1 saturated carbocycles. The summed E-state index contributed by atoms with van der Waals surface area (Å²) in [6, 6.07) is 8.44. The first kappa shape index (κ1) is 16.8. The van der Waals surface area contributed by atoms with Gasteiger partial charge in [0.05, 0.1) is 11.8 Å². The highest BCUT2D eigenvalue weighted by Crippen LogP contribution is 2.31. The highest BCUT2D eigenvalue weighted by Gasteiger charge is 2.36. The third-order valence-corrected chi connectivity index (χ3v) is 5.49. The number of aromatic nitrogens is 2. The average molecular weight is 352 g/mol. The van der Waals surface area contributed by atoms with E-state index in [0.29, 0.717) is 18.5 Å². The third kappa shape index (κ3) is 2.88. The molecule has 2 aliphatic carbocycles. The van der Waals surface area contributed by atoms with Gasteiger partial charge in [0.2, 0.25) is 0 Å². The topological polar surface area (TPSA) is 70.7 Å². The lowest BCUT2D eigenvalue weighted by Gasteiger charge is -2.31. The number of carbonyl (C=O) groups is 1. The molecule has 1 N–H and O–H groups in total. The number of fused-ring (bicyclic) bond motifs is 1. The van der Waals surface area contributed by atoms with Gasteiger partial charge in [-0.05, 0) is 56.4 Å². The maximum Gasteiger partial charge on any atom is 0.273 e. The van der Waals surface area contributed by atoms with Crippen molar-refractivity contribution in [3.05, 3.63) is 47.0 Å². The van der Waals surface area contributed by atoms with Crippen molar-refractivity contribution in [2.45, 2.75) is 56.9 Å². The molecular formula is C20H21FN4O. The molecule has 0 aliphatic heterocycles. The fraction of sp³-hybridized carbons (Fsp3) is 0.450. The van der Waals surface area contributed by atoms with Crippen LogP contribution in [-0.2, 0) is 12.8 Å². The summed E-state index contributed by atoms with van der Waals surface area (Å²) in [5.41, 5.74) is 2.34. The van der Waals surface area contributed by atoms with Gasteiger partial charge in [0.15, 0.2) is 5.69 Å². The second-order valence-electron chi connectivity index (χ2n) is 7.22. The molecule has 134 valence electrons. The van der Waals surface area contributed by atoms with E-state index in [1.165, 1.54) is 12.1 Å². The quantitative estimate of drug-likeness (QED) is 0.920. The molecule has 0 bridgehead atoms. The van der Waals surface area contributed by atoms with Crippen LogP contribution in [0.3, 0.4) is 0 Å². The van der Waals surface area contributed by atoms with Crippen LogP contribution < -0.4 is 5.32 Å². The number of nitriles is 1. The zero-order chi connectivity index (χ0) is 18.1. The van der Waals surface area contributed by atoms with Gasteiger partial charge in [0.1, 0.15) is 11.4 Å². The van der Waals surface area contributed by atoms with Crippen molar-refractivity contribution < 1.29 is 9.18 Å². The smallest absolute Gasteiger partial charge is 0.273 e. The Bertz CT molecular complexity index is 872. The fourth-order valence-corrected chi connectivity index (χ4v) is 4.11. The summed E-state index contributed by atoms with van der Waals surface area (Å²) >= 11 is 0. The third-order valence-electron chi connectivity index (χ3n) is 5.49. The second-order valence-corrected chi connectivity index (χ2v) is 7.22. The van der Waals surface area contributed by atoms with Crippen LogP contribution in [0.2, 0.25) is 0 Å². The fourth-order valence-electron chi connectivity index (χ4n) is 4.11. The van der Waals surface area contributed by atoms with Crippen molar-refractivity contribution >= 4 is 5.91 Å². The number of halogens is 1. The summed E-state index contributed by atoms with van der Waals surface area (Å²) < 4.78 is 15.0. The Kier molecular flexibility index (Phi) is 4.23. The summed E-state index contributed by atoms with van der Waals surface area (Å²) in [6.07, 6.45) is 7.01. The van der Waals surface area contributed by atoms with Crippen LogP contribution in [0, 0.1) is 17.1 Å². The van der Waals surface area contributed by atoms with Crippen LogP contribution in [0.25, 0.3) is 5.69 Å². The number of carbonyl (C=O) groups excluding carboxylic acids is 1. The molecular weight excluding hydrogens is 331 g/mol. The van der Waals surface area contributed by atoms with Crippen molar-refractivity contribution in [2.75, 3.05) is 0 Å². The highest BCUT2D eigenvalue weighted by atomic mass is 19.1. The zero-order valence-electron chi connectivity index (χ0n) is 14.6. The molecule has 1 heterocycles. The average Bonchev–Trinajstić information content (AvgIpc) is 3.26. The molecule has 2 aromatic rings. The first-order chi connectivity index (χ1) is 12.6. The number of hydrogen-bond acceptors (Lipinski definition) is 3. The summed E-state index contributed by atoms with van der Waals surface area (Å²) in [5.74, 6) is -0.573.